The Hall–Kier alpha value is -2.02. The molecule has 1 aromatic heterocycles. The third-order valence-electron chi connectivity index (χ3n) is 2.71. The highest BCUT2D eigenvalue weighted by molar-refractivity contribution is 5.91. The molecule has 2 heterocycles. The van der Waals surface area contributed by atoms with E-state index < -0.39 is 11.5 Å². The van der Waals surface area contributed by atoms with Gasteiger partial charge < -0.3 is 19.6 Å². The average Bonchev–Trinajstić information content (AvgIpc) is 2.39. The molecule has 98 valence electrons. The summed E-state index contributed by atoms with van der Waals surface area (Å²) in [5.74, 6) is -1.06. The highest BCUT2D eigenvalue weighted by atomic mass is 16.5. The van der Waals surface area contributed by atoms with Gasteiger partial charge in [0.1, 0.15) is 11.3 Å². The zero-order valence-corrected chi connectivity index (χ0v) is 9.96. The van der Waals surface area contributed by atoms with Crippen molar-refractivity contribution >= 4 is 5.97 Å². The summed E-state index contributed by atoms with van der Waals surface area (Å²) in [4.78, 5) is 23.2. The lowest BCUT2D eigenvalue weighted by molar-refractivity contribution is 0.0596. The van der Waals surface area contributed by atoms with E-state index in [4.69, 9.17) is 4.74 Å². The average molecular weight is 254 g/mol. The van der Waals surface area contributed by atoms with Crippen molar-refractivity contribution in [2.24, 2.45) is 0 Å². The van der Waals surface area contributed by atoms with Crippen LogP contribution in [0.3, 0.4) is 0 Å². The molecule has 0 aliphatic carbocycles. The fourth-order valence-corrected chi connectivity index (χ4v) is 1.77. The minimum Gasteiger partial charge on any atom is -0.507 e. The summed E-state index contributed by atoms with van der Waals surface area (Å²) in [7, 11) is 1.21. The molecule has 7 heteroatoms. The van der Waals surface area contributed by atoms with E-state index in [0.717, 1.165) is 6.07 Å². The van der Waals surface area contributed by atoms with Crippen LogP contribution in [0.4, 0.5) is 0 Å². The SMILES string of the molecule is COC(=O)c1cn(N2CCOCC2)c(=O)cc1O. The van der Waals surface area contributed by atoms with Gasteiger partial charge in [0.05, 0.1) is 33.4 Å². The fraction of sp³-hybridized carbons (Fsp3) is 0.455. The second-order valence-electron chi connectivity index (χ2n) is 3.81. The van der Waals surface area contributed by atoms with Gasteiger partial charge in [-0.15, -0.1) is 0 Å². The Morgan fingerprint density at radius 1 is 1.44 bits per heavy atom. The first-order valence-electron chi connectivity index (χ1n) is 5.50. The van der Waals surface area contributed by atoms with Crippen LogP contribution in [0.1, 0.15) is 10.4 Å². The number of nitrogens with zero attached hydrogens (tertiary/aromatic N) is 2. The zero-order chi connectivity index (χ0) is 13.1. The van der Waals surface area contributed by atoms with Crippen molar-refractivity contribution in [1.29, 1.82) is 0 Å². The molecule has 18 heavy (non-hydrogen) atoms. The number of hydrogen-bond donors (Lipinski definition) is 1. The van der Waals surface area contributed by atoms with E-state index in [1.165, 1.54) is 18.0 Å². The Morgan fingerprint density at radius 2 is 2.11 bits per heavy atom. The summed E-state index contributed by atoms with van der Waals surface area (Å²) in [5.41, 5.74) is -0.439. The molecule has 0 aromatic carbocycles. The van der Waals surface area contributed by atoms with E-state index >= 15 is 0 Å². The maximum atomic E-state index is 11.8. The molecule has 7 nitrogen and oxygen atoms in total. The largest absolute Gasteiger partial charge is 0.507 e. The Labute approximate surface area is 103 Å². The normalized spacial score (nSPS) is 15.5. The van der Waals surface area contributed by atoms with Crippen LogP contribution in [0, 0.1) is 0 Å². The molecule has 1 aromatic rings. The number of esters is 1. The Morgan fingerprint density at radius 3 is 2.72 bits per heavy atom. The van der Waals surface area contributed by atoms with Crippen LogP contribution in [0.15, 0.2) is 17.1 Å². The predicted molar refractivity (Wildman–Crippen MR) is 62.5 cm³/mol. The lowest BCUT2D eigenvalue weighted by Gasteiger charge is -2.30. The van der Waals surface area contributed by atoms with Crippen LogP contribution < -0.4 is 10.6 Å². The van der Waals surface area contributed by atoms with Crippen LogP contribution in [-0.2, 0) is 9.47 Å². The monoisotopic (exact) mass is 254 g/mol. The van der Waals surface area contributed by atoms with Gasteiger partial charge in [0.25, 0.3) is 5.56 Å². The number of aromatic nitrogens is 1. The number of methoxy groups -OCH3 is 1. The molecule has 1 aliphatic heterocycles. The quantitative estimate of drug-likeness (QED) is 0.703. The van der Waals surface area contributed by atoms with Gasteiger partial charge in [-0.2, -0.15) is 0 Å². The molecule has 1 N–H and O–H groups in total. The first-order chi connectivity index (χ1) is 8.63. The molecule has 0 radical (unpaired) electrons. The second kappa shape index (κ2) is 5.09. The van der Waals surface area contributed by atoms with Crippen LogP contribution >= 0.6 is 0 Å². The lowest BCUT2D eigenvalue weighted by Crippen LogP contribution is -2.48. The number of morpholine rings is 1. The Balaban J connectivity index is 2.40. The highest BCUT2D eigenvalue weighted by Gasteiger charge is 2.18. The number of rotatable bonds is 2. The molecule has 1 fully saturated rings. The minimum absolute atomic E-state index is 0.0383. The maximum Gasteiger partial charge on any atom is 0.343 e. The zero-order valence-electron chi connectivity index (χ0n) is 9.96. The van der Waals surface area contributed by atoms with E-state index in [1.807, 2.05) is 0 Å². The number of carbonyl (C=O) groups is 1. The maximum absolute atomic E-state index is 11.8. The van der Waals surface area contributed by atoms with Crippen LogP contribution in [0.5, 0.6) is 5.75 Å². The number of carbonyl (C=O) groups excluding carboxylic acids is 1. The van der Waals surface area contributed by atoms with Gasteiger partial charge in [-0.25, -0.2) is 9.47 Å². The van der Waals surface area contributed by atoms with E-state index in [1.54, 1.807) is 5.01 Å². The Kier molecular flexibility index (Phi) is 3.52. The molecular weight excluding hydrogens is 240 g/mol. The summed E-state index contributed by atoms with van der Waals surface area (Å²) in [6.07, 6.45) is 1.29. The summed E-state index contributed by atoms with van der Waals surface area (Å²) < 4.78 is 11.0. The summed E-state index contributed by atoms with van der Waals surface area (Å²) in [6.45, 7) is 2.12. The molecule has 0 spiro atoms. The third kappa shape index (κ3) is 2.30. The van der Waals surface area contributed by atoms with Crippen molar-refractivity contribution in [1.82, 2.24) is 4.68 Å². The molecule has 0 amide bonds. The smallest absolute Gasteiger partial charge is 0.343 e. The third-order valence-corrected chi connectivity index (χ3v) is 2.71. The van der Waals surface area contributed by atoms with Crippen molar-refractivity contribution < 1.29 is 19.4 Å². The lowest BCUT2D eigenvalue weighted by atomic mass is 10.2. The van der Waals surface area contributed by atoms with E-state index in [0.29, 0.717) is 26.3 Å². The molecular formula is C11H14N2O5. The summed E-state index contributed by atoms with van der Waals surface area (Å²) in [5, 5.41) is 11.3. The second-order valence-corrected chi connectivity index (χ2v) is 3.81. The van der Waals surface area contributed by atoms with Gasteiger partial charge in [0, 0.05) is 12.3 Å². The van der Waals surface area contributed by atoms with Crippen molar-refractivity contribution in [3.63, 3.8) is 0 Å². The highest BCUT2D eigenvalue weighted by Crippen LogP contribution is 2.14. The first-order valence-corrected chi connectivity index (χ1v) is 5.50. The number of aromatic hydroxyl groups is 1. The predicted octanol–water partition coefficient (Wildman–Crippen LogP) is -0.691. The van der Waals surface area contributed by atoms with E-state index in [-0.39, 0.29) is 11.3 Å². The Bertz CT molecular complexity index is 505. The molecule has 0 atom stereocenters. The number of hydrogen-bond acceptors (Lipinski definition) is 6. The first kappa shape index (κ1) is 12.4. The van der Waals surface area contributed by atoms with E-state index in [2.05, 4.69) is 4.74 Å². The molecule has 1 aliphatic rings. The minimum atomic E-state index is -0.686. The molecule has 2 rings (SSSR count). The van der Waals surface area contributed by atoms with Gasteiger partial charge in [-0.05, 0) is 0 Å². The van der Waals surface area contributed by atoms with E-state index in [9.17, 15) is 14.7 Å². The van der Waals surface area contributed by atoms with Gasteiger partial charge in [-0.3, -0.25) is 4.79 Å². The van der Waals surface area contributed by atoms with Crippen molar-refractivity contribution in [3.8, 4) is 5.75 Å². The topological polar surface area (TPSA) is 81.0 Å². The van der Waals surface area contributed by atoms with Crippen molar-refractivity contribution in [2.75, 3.05) is 38.4 Å². The molecule has 0 saturated carbocycles. The van der Waals surface area contributed by atoms with Crippen LogP contribution in [-0.4, -0.2) is 49.2 Å². The fourth-order valence-electron chi connectivity index (χ4n) is 1.77. The summed E-state index contributed by atoms with van der Waals surface area (Å²) in [6, 6.07) is 1.00. The van der Waals surface area contributed by atoms with Crippen LogP contribution in [0.25, 0.3) is 0 Å². The summed E-state index contributed by atoms with van der Waals surface area (Å²) >= 11 is 0. The van der Waals surface area contributed by atoms with Gasteiger partial charge in [0.15, 0.2) is 0 Å². The number of ether oxygens (including phenoxy) is 2. The molecule has 0 unspecified atom stereocenters. The number of pyridine rings is 1. The molecule has 1 saturated heterocycles. The van der Waals surface area contributed by atoms with Crippen molar-refractivity contribution in [3.05, 3.63) is 28.2 Å². The van der Waals surface area contributed by atoms with Gasteiger partial charge in [0.2, 0.25) is 0 Å². The van der Waals surface area contributed by atoms with Crippen LogP contribution in [0.2, 0.25) is 0 Å². The van der Waals surface area contributed by atoms with Crippen molar-refractivity contribution in [2.45, 2.75) is 0 Å². The molecule has 0 bridgehead atoms. The van der Waals surface area contributed by atoms with Gasteiger partial charge >= 0.3 is 5.97 Å². The van der Waals surface area contributed by atoms with Gasteiger partial charge in [-0.1, -0.05) is 0 Å². The standard InChI is InChI=1S/C11H14N2O5/c1-17-11(16)8-7-13(10(15)6-9(8)14)12-2-4-18-5-3-12/h6-7,14H,2-5H2,1H3.